The van der Waals surface area contributed by atoms with Crippen LogP contribution in [0.1, 0.15) is 12.6 Å². The molecule has 94 valence electrons. The van der Waals surface area contributed by atoms with Crippen LogP contribution in [0, 0.1) is 18.3 Å². The van der Waals surface area contributed by atoms with Crippen molar-refractivity contribution in [2.45, 2.75) is 13.8 Å². The van der Waals surface area contributed by atoms with Gasteiger partial charge in [-0.3, -0.25) is 5.41 Å². The summed E-state index contributed by atoms with van der Waals surface area (Å²) >= 11 is 0. The van der Waals surface area contributed by atoms with Gasteiger partial charge >= 0.3 is 0 Å². The largest absolute Gasteiger partial charge is 0.491 e. The molecule has 0 aliphatic carbocycles. The molecule has 0 aliphatic heterocycles. The van der Waals surface area contributed by atoms with Crippen molar-refractivity contribution in [3.8, 4) is 5.75 Å². The molecule has 0 aliphatic rings. The molecular formula is C14H17N3O. The van der Waals surface area contributed by atoms with Crippen LogP contribution in [0.3, 0.4) is 0 Å². The number of nitrogens with one attached hydrogen (secondary N) is 1. The monoisotopic (exact) mass is 243 g/mol. The van der Waals surface area contributed by atoms with E-state index in [4.69, 9.17) is 15.9 Å². The van der Waals surface area contributed by atoms with E-state index in [0.717, 1.165) is 22.3 Å². The fourth-order valence-corrected chi connectivity index (χ4v) is 1.64. The molecule has 18 heavy (non-hydrogen) atoms. The van der Waals surface area contributed by atoms with Crippen LogP contribution in [0.5, 0.6) is 5.75 Å². The van der Waals surface area contributed by atoms with E-state index in [1.807, 2.05) is 44.2 Å². The number of amidine groups is 1. The van der Waals surface area contributed by atoms with Gasteiger partial charge in [0.25, 0.3) is 0 Å². The van der Waals surface area contributed by atoms with Crippen LogP contribution < -0.4 is 10.5 Å². The zero-order valence-electron chi connectivity index (χ0n) is 10.6. The van der Waals surface area contributed by atoms with Crippen molar-refractivity contribution in [1.29, 1.82) is 5.41 Å². The predicted octanol–water partition coefficient (Wildman–Crippen LogP) is 2.49. The van der Waals surface area contributed by atoms with Crippen LogP contribution in [-0.2, 0) is 0 Å². The van der Waals surface area contributed by atoms with E-state index >= 15 is 0 Å². The van der Waals surface area contributed by atoms with E-state index in [9.17, 15) is 0 Å². The first-order valence-electron chi connectivity index (χ1n) is 5.91. The molecule has 3 N–H and O–H groups in total. The topological polar surface area (TPSA) is 72.0 Å². The minimum atomic E-state index is -0.0925. The zero-order chi connectivity index (χ0) is 13.1. The Morgan fingerprint density at radius 2 is 2.17 bits per heavy atom. The first kappa shape index (κ1) is 12.4. The first-order valence-corrected chi connectivity index (χ1v) is 5.91. The number of nitrogens with two attached hydrogens (primary N) is 1. The summed E-state index contributed by atoms with van der Waals surface area (Å²) in [4.78, 5) is 4.49. The second-order valence-corrected chi connectivity index (χ2v) is 4.45. The molecule has 0 fully saturated rings. The smallest absolute Gasteiger partial charge is 0.145 e. The van der Waals surface area contributed by atoms with E-state index in [0.29, 0.717) is 6.61 Å². The van der Waals surface area contributed by atoms with E-state index < -0.39 is 0 Å². The molecule has 1 atom stereocenters. The third-order valence-corrected chi connectivity index (χ3v) is 2.84. The number of nitrogens with zero attached hydrogens (tertiary/aromatic N) is 1. The maximum atomic E-state index is 7.35. The quantitative estimate of drug-likeness (QED) is 0.640. The molecule has 4 nitrogen and oxygen atoms in total. The number of hydrogen-bond donors (Lipinski definition) is 2. The van der Waals surface area contributed by atoms with Crippen molar-refractivity contribution in [1.82, 2.24) is 4.98 Å². The van der Waals surface area contributed by atoms with Crippen LogP contribution in [0.15, 0.2) is 30.3 Å². The fourth-order valence-electron chi connectivity index (χ4n) is 1.64. The van der Waals surface area contributed by atoms with Gasteiger partial charge in [-0.25, -0.2) is 4.98 Å². The highest BCUT2D eigenvalue weighted by molar-refractivity contribution is 5.84. The van der Waals surface area contributed by atoms with Crippen LogP contribution in [0.25, 0.3) is 10.9 Å². The number of hydrogen-bond acceptors (Lipinski definition) is 3. The molecule has 0 saturated carbocycles. The third-order valence-electron chi connectivity index (χ3n) is 2.84. The van der Waals surface area contributed by atoms with Gasteiger partial charge in [-0.05, 0) is 19.1 Å². The molecule has 2 rings (SSSR count). The highest BCUT2D eigenvalue weighted by Crippen LogP contribution is 2.24. The summed E-state index contributed by atoms with van der Waals surface area (Å²) in [6.45, 7) is 4.21. The lowest BCUT2D eigenvalue weighted by Gasteiger charge is -2.13. The lowest BCUT2D eigenvalue weighted by Crippen LogP contribution is -2.25. The van der Waals surface area contributed by atoms with Crippen molar-refractivity contribution >= 4 is 16.7 Å². The molecule has 0 amide bonds. The summed E-state index contributed by atoms with van der Waals surface area (Å²) in [5, 5.41) is 8.39. The highest BCUT2D eigenvalue weighted by Gasteiger charge is 2.08. The molecule has 1 unspecified atom stereocenters. The van der Waals surface area contributed by atoms with Crippen molar-refractivity contribution in [3.63, 3.8) is 0 Å². The predicted molar refractivity (Wildman–Crippen MR) is 73.1 cm³/mol. The molecule has 1 aromatic heterocycles. The molecule has 1 aromatic carbocycles. The van der Waals surface area contributed by atoms with Crippen LogP contribution in [0.2, 0.25) is 0 Å². The highest BCUT2D eigenvalue weighted by atomic mass is 16.5. The Morgan fingerprint density at radius 3 is 2.89 bits per heavy atom. The molecule has 4 heteroatoms. The number of rotatable bonds is 4. The van der Waals surface area contributed by atoms with Crippen molar-refractivity contribution in [2.75, 3.05) is 6.61 Å². The van der Waals surface area contributed by atoms with E-state index in [-0.39, 0.29) is 11.8 Å². The number of fused-ring (bicyclic) bond motifs is 1. The lowest BCUT2D eigenvalue weighted by molar-refractivity contribution is 0.294. The van der Waals surface area contributed by atoms with Gasteiger partial charge in [-0.15, -0.1) is 0 Å². The Labute approximate surface area is 106 Å². The summed E-state index contributed by atoms with van der Waals surface area (Å²) < 4.78 is 5.71. The summed E-state index contributed by atoms with van der Waals surface area (Å²) in [5.74, 6) is 0.786. The number of aryl methyl sites for hydroxylation is 1. The summed E-state index contributed by atoms with van der Waals surface area (Å²) in [7, 11) is 0. The van der Waals surface area contributed by atoms with Crippen molar-refractivity contribution in [3.05, 3.63) is 36.0 Å². The number of pyridine rings is 1. The van der Waals surface area contributed by atoms with Gasteiger partial charge in [0.2, 0.25) is 0 Å². The second-order valence-electron chi connectivity index (χ2n) is 4.45. The molecule has 0 spiro atoms. The second kappa shape index (κ2) is 5.04. The SMILES string of the molecule is Cc1ccc2cccc(OCC(C)C(=N)N)c2n1. The Balaban J connectivity index is 2.27. The molecule has 1 heterocycles. The Kier molecular flexibility index (Phi) is 3.46. The number of benzene rings is 1. The Hall–Kier alpha value is -2.10. The standard InChI is InChI=1S/C14H17N3O/c1-9(14(15)16)8-18-12-5-3-4-11-7-6-10(2)17-13(11)12/h3-7,9H,8H2,1-2H3,(H3,15,16). The van der Waals surface area contributed by atoms with Gasteiger partial charge in [-0.2, -0.15) is 0 Å². The third kappa shape index (κ3) is 2.59. The van der Waals surface area contributed by atoms with Gasteiger partial charge < -0.3 is 10.5 Å². The summed E-state index contributed by atoms with van der Waals surface area (Å²) in [5.41, 5.74) is 7.24. The van der Waals surface area contributed by atoms with Crippen molar-refractivity contribution in [2.24, 2.45) is 11.7 Å². The van der Waals surface area contributed by atoms with Crippen molar-refractivity contribution < 1.29 is 4.74 Å². The summed E-state index contributed by atoms with van der Waals surface area (Å²) in [6.07, 6.45) is 0. The molecular weight excluding hydrogens is 226 g/mol. The molecule has 0 saturated heterocycles. The molecule has 2 aromatic rings. The van der Waals surface area contributed by atoms with Crippen LogP contribution in [-0.4, -0.2) is 17.4 Å². The minimum absolute atomic E-state index is 0.0925. The Morgan fingerprint density at radius 1 is 1.39 bits per heavy atom. The normalized spacial score (nSPS) is 12.3. The van der Waals surface area contributed by atoms with E-state index in [1.54, 1.807) is 0 Å². The summed E-state index contributed by atoms with van der Waals surface area (Å²) in [6, 6.07) is 9.83. The van der Waals surface area contributed by atoms with E-state index in [1.165, 1.54) is 0 Å². The fraction of sp³-hybridized carbons (Fsp3) is 0.286. The van der Waals surface area contributed by atoms with Gasteiger partial charge in [0.15, 0.2) is 0 Å². The van der Waals surface area contributed by atoms with Gasteiger partial charge in [0.1, 0.15) is 11.3 Å². The molecule has 0 radical (unpaired) electrons. The first-order chi connectivity index (χ1) is 8.58. The average Bonchev–Trinajstić information content (AvgIpc) is 2.35. The lowest BCUT2D eigenvalue weighted by atomic mass is 10.1. The number of ether oxygens (including phenoxy) is 1. The maximum absolute atomic E-state index is 7.35. The maximum Gasteiger partial charge on any atom is 0.145 e. The Bertz CT molecular complexity index is 580. The molecule has 0 bridgehead atoms. The van der Waals surface area contributed by atoms with E-state index in [2.05, 4.69) is 4.98 Å². The number of para-hydroxylation sites is 1. The average molecular weight is 243 g/mol. The van der Waals surface area contributed by atoms with Gasteiger partial charge in [-0.1, -0.05) is 25.1 Å². The van der Waals surface area contributed by atoms with Gasteiger partial charge in [0, 0.05) is 17.0 Å². The van der Waals surface area contributed by atoms with Crippen LogP contribution in [0.4, 0.5) is 0 Å². The van der Waals surface area contributed by atoms with Crippen LogP contribution >= 0.6 is 0 Å². The minimum Gasteiger partial charge on any atom is -0.491 e. The number of aromatic nitrogens is 1. The zero-order valence-corrected chi connectivity index (χ0v) is 10.6. The van der Waals surface area contributed by atoms with Gasteiger partial charge in [0.05, 0.1) is 12.4 Å².